The summed E-state index contributed by atoms with van der Waals surface area (Å²) >= 11 is 0. The van der Waals surface area contributed by atoms with Gasteiger partial charge in [0.2, 0.25) is 0 Å². The highest BCUT2D eigenvalue weighted by atomic mass is 16.4. The molecule has 1 atom stereocenters. The van der Waals surface area contributed by atoms with Gasteiger partial charge in [0.05, 0.1) is 17.8 Å². The Hall–Kier alpha value is -2.05. The Morgan fingerprint density at radius 1 is 1.87 bits per heavy atom. The molecule has 1 aromatic heterocycles. The summed E-state index contributed by atoms with van der Waals surface area (Å²) in [7, 11) is 0. The van der Waals surface area contributed by atoms with Crippen LogP contribution in [0.4, 0.5) is 0 Å². The Balaban J connectivity index is 2.64. The fourth-order valence-corrected chi connectivity index (χ4v) is 1.07. The number of carbonyl (C=O) groups excluding carboxylic acids is 1. The zero-order valence-electron chi connectivity index (χ0n) is 8.27. The standard InChI is InChI=1S/C8H13N5O2/c1-2-6(7(9)13-15)12-8(14)5-3-10-11-4-5/h3-4,6,15H,2H2,1H3,(H2,9,13)(H,10,11)(H,12,14). The maximum Gasteiger partial charge on any atom is 0.255 e. The second-order valence-electron chi connectivity index (χ2n) is 2.95. The van der Waals surface area contributed by atoms with Gasteiger partial charge in [-0.1, -0.05) is 12.1 Å². The molecule has 1 rings (SSSR count). The molecule has 0 fully saturated rings. The molecule has 7 nitrogen and oxygen atoms in total. The first-order chi connectivity index (χ1) is 7.19. The van der Waals surface area contributed by atoms with E-state index >= 15 is 0 Å². The van der Waals surface area contributed by atoms with Crippen LogP contribution in [0, 0.1) is 0 Å². The van der Waals surface area contributed by atoms with E-state index in [-0.39, 0.29) is 11.7 Å². The maximum atomic E-state index is 11.5. The third kappa shape index (κ3) is 2.70. The molecule has 15 heavy (non-hydrogen) atoms. The molecule has 1 amide bonds. The van der Waals surface area contributed by atoms with Gasteiger partial charge in [-0.05, 0) is 6.42 Å². The number of aromatic amines is 1. The summed E-state index contributed by atoms with van der Waals surface area (Å²) in [6.07, 6.45) is 3.40. The van der Waals surface area contributed by atoms with Crippen LogP contribution in [0.3, 0.4) is 0 Å². The van der Waals surface area contributed by atoms with Crippen molar-refractivity contribution in [2.24, 2.45) is 10.9 Å². The summed E-state index contributed by atoms with van der Waals surface area (Å²) in [5, 5.41) is 20.1. The van der Waals surface area contributed by atoms with Crippen LogP contribution in [-0.4, -0.2) is 33.2 Å². The summed E-state index contributed by atoms with van der Waals surface area (Å²) < 4.78 is 0. The lowest BCUT2D eigenvalue weighted by Gasteiger charge is -2.14. The first kappa shape index (κ1) is 11.0. The first-order valence-electron chi connectivity index (χ1n) is 4.46. The van der Waals surface area contributed by atoms with E-state index in [4.69, 9.17) is 10.9 Å². The number of hydrogen-bond donors (Lipinski definition) is 4. The van der Waals surface area contributed by atoms with Crippen LogP contribution in [0.15, 0.2) is 17.5 Å². The number of aromatic nitrogens is 2. The van der Waals surface area contributed by atoms with Crippen molar-refractivity contribution in [2.45, 2.75) is 19.4 Å². The molecule has 82 valence electrons. The Kier molecular flexibility index (Phi) is 3.67. The largest absolute Gasteiger partial charge is 0.409 e. The summed E-state index contributed by atoms with van der Waals surface area (Å²) in [6, 6.07) is -0.475. The number of rotatable bonds is 4. The van der Waals surface area contributed by atoms with E-state index < -0.39 is 6.04 Å². The van der Waals surface area contributed by atoms with Gasteiger partial charge in [0.1, 0.15) is 0 Å². The smallest absolute Gasteiger partial charge is 0.255 e. The number of carbonyl (C=O) groups is 1. The van der Waals surface area contributed by atoms with Gasteiger partial charge < -0.3 is 16.3 Å². The van der Waals surface area contributed by atoms with Crippen molar-refractivity contribution in [2.75, 3.05) is 0 Å². The number of oxime groups is 1. The SMILES string of the molecule is CCC(NC(=O)c1cn[nH]c1)C(N)=NO. The highest BCUT2D eigenvalue weighted by molar-refractivity contribution is 5.97. The van der Waals surface area contributed by atoms with Crippen LogP contribution < -0.4 is 11.1 Å². The van der Waals surface area contributed by atoms with Crippen molar-refractivity contribution in [1.29, 1.82) is 0 Å². The number of nitrogens with one attached hydrogen (secondary N) is 2. The first-order valence-corrected chi connectivity index (χ1v) is 4.46. The number of amidine groups is 1. The Morgan fingerprint density at radius 3 is 3.07 bits per heavy atom. The lowest BCUT2D eigenvalue weighted by molar-refractivity contribution is 0.0945. The van der Waals surface area contributed by atoms with Crippen molar-refractivity contribution in [3.05, 3.63) is 18.0 Å². The van der Waals surface area contributed by atoms with E-state index in [0.29, 0.717) is 12.0 Å². The van der Waals surface area contributed by atoms with Crippen molar-refractivity contribution in [1.82, 2.24) is 15.5 Å². The normalized spacial score (nSPS) is 13.5. The molecule has 0 saturated heterocycles. The van der Waals surface area contributed by atoms with Gasteiger partial charge in [-0.3, -0.25) is 9.89 Å². The second kappa shape index (κ2) is 4.99. The minimum Gasteiger partial charge on any atom is -0.409 e. The van der Waals surface area contributed by atoms with Gasteiger partial charge in [0, 0.05) is 6.20 Å². The number of amides is 1. The van der Waals surface area contributed by atoms with Crippen LogP contribution in [-0.2, 0) is 0 Å². The minimum absolute atomic E-state index is 0.0191. The van der Waals surface area contributed by atoms with E-state index in [9.17, 15) is 4.79 Å². The van der Waals surface area contributed by atoms with Crippen LogP contribution in [0.2, 0.25) is 0 Å². The van der Waals surface area contributed by atoms with Gasteiger partial charge >= 0.3 is 0 Å². The van der Waals surface area contributed by atoms with Crippen LogP contribution >= 0.6 is 0 Å². The Labute approximate surface area is 86.3 Å². The molecule has 0 radical (unpaired) electrons. The van der Waals surface area contributed by atoms with E-state index in [0.717, 1.165) is 0 Å². The van der Waals surface area contributed by atoms with Crippen LogP contribution in [0.25, 0.3) is 0 Å². The summed E-state index contributed by atoms with van der Waals surface area (Å²) in [5.74, 6) is -0.337. The molecule has 5 N–H and O–H groups in total. The van der Waals surface area contributed by atoms with Crippen molar-refractivity contribution < 1.29 is 10.0 Å². The quantitative estimate of drug-likeness (QED) is 0.236. The van der Waals surface area contributed by atoms with Crippen molar-refractivity contribution in [3.63, 3.8) is 0 Å². The molecule has 0 aliphatic rings. The summed E-state index contributed by atoms with van der Waals surface area (Å²) in [5.41, 5.74) is 5.79. The predicted molar refractivity (Wildman–Crippen MR) is 53.5 cm³/mol. The van der Waals surface area contributed by atoms with Gasteiger partial charge in [-0.2, -0.15) is 5.10 Å². The fourth-order valence-electron chi connectivity index (χ4n) is 1.07. The summed E-state index contributed by atoms with van der Waals surface area (Å²) in [6.45, 7) is 1.82. The van der Waals surface area contributed by atoms with Crippen LogP contribution in [0.5, 0.6) is 0 Å². The second-order valence-corrected chi connectivity index (χ2v) is 2.95. The van der Waals surface area contributed by atoms with Crippen molar-refractivity contribution >= 4 is 11.7 Å². The highest BCUT2D eigenvalue weighted by Crippen LogP contribution is 1.97. The molecule has 1 aromatic rings. The lowest BCUT2D eigenvalue weighted by Crippen LogP contribution is -2.44. The molecule has 0 bridgehead atoms. The zero-order valence-corrected chi connectivity index (χ0v) is 8.27. The molecule has 0 saturated carbocycles. The molecule has 7 heteroatoms. The number of nitrogens with zero attached hydrogens (tertiary/aromatic N) is 2. The van der Waals surface area contributed by atoms with Gasteiger partial charge in [0.15, 0.2) is 5.84 Å². The Morgan fingerprint density at radius 2 is 2.60 bits per heavy atom. The lowest BCUT2D eigenvalue weighted by atomic mass is 10.2. The topological polar surface area (TPSA) is 116 Å². The molecule has 0 spiro atoms. The summed E-state index contributed by atoms with van der Waals surface area (Å²) in [4.78, 5) is 11.5. The molecule has 0 aliphatic heterocycles. The van der Waals surface area contributed by atoms with Gasteiger partial charge in [-0.15, -0.1) is 0 Å². The number of H-pyrrole nitrogens is 1. The molecule has 0 aromatic carbocycles. The third-order valence-corrected chi connectivity index (χ3v) is 1.95. The average Bonchev–Trinajstić information content (AvgIpc) is 2.77. The van der Waals surface area contributed by atoms with E-state index in [1.807, 2.05) is 6.92 Å². The highest BCUT2D eigenvalue weighted by Gasteiger charge is 2.16. The minimum atomic E-state index is -0.475. The number of hydrogen-bond acceptors (Lipinski definition) is 4. The van der Waals surface area contributed by atoms with E-state index in [1.54, 1.807) is 0 Å². The van der Waals surface area contributed by atoms with Gasteiger partial charge in [-0.25, -0.2) is 0 Å². The predicted octanol–water partition coefficient (Wildman–Crippen LogP) is -0.335. The molecular formula is C8H13N5O2. The third-order valence-electron chi connectivity index (χ3n) is 1.95. The zero-order chi connectivity index (χ0) is 11.3. The van der Waals surface area contributed by atoms with Gasteiger partial charge in [0.25, 0.3) is 5.91 Å². The molecule has 1 heterocycles. The molecule has 0 aliphatic carbocycles. The molecule has 1 unspecified atom stereocenters. The fraction of sp³-hybridized carbons (Fsp3) is 0.375. The Bertz CT molecular complexity index is 346. The average molecular weight is 211 g/mol. The maximum absolute atomic E-state index is 11.5. The molecular weight excluding hydrogens is 198 g/mol. The monoisotopic (exact) mass is 211 g/mol. The van der Waals surface area contributed by atoms with E-state index in [2.05, 4.69) is 20.7 Å². The van der Waals surface area contributed by atoms with Crippen LogP contribution in [0.1, 0.15) is 23.7 Å². The van der Waals surface area contributed by atoms with Crippen molar-refractivity contribution in [3.8, 4) is 0 Å². The van der Waals surface area contributed by atoms with E-state index in [1.165, 1.54) is 12.4 Å². The number of nitrogens with two attached hydrogens (primary N) is 1.